The monoisotopic (exact) mass is 315 g/mol. The molecule has 0 amide bonds. The summed E-state index contributed by atoms with van der Waals surface area (Å²) in [6, 6.07) is 0.285. The zero-order valence-electron chi connectivity index (χ0n) is 13.3. The molecule has 0 saturated carbocycles. The van der Waals surface area contributed by atoms with Crippen LogP contribution in [0.1, 0.15) is 36.6 Å². The van der Waals surface area contributed by atoms with E-state index in [2.05, 4.69) is 10.00 Å². The van der Waals surface area contributed by atoms with Crippen LogP contribution in [0.5, 0.6) is 5.88 Å². The van der Waals surface area contributed by atoms with Crippen LogP contribution >= 0.6 is 0 Å². The molecule has 0 spiro atoms. The lowest BCUT2D eigenvalue weighted by Crippen LogP contribution is -2.26. The largest absolute Gasteiger partial charge is 0.481 e. The number of aromatic nitrogens is 2. The topological polar surface area (TPSA) is 64.4 Å². The second kappa shape index (κ2) is 6.36. The molecule has 1 aliphatic heterocycles. The molecule has 1 aliphatic rings. The van der Waals surface area contributed by atoms with Crippen molar-refractivity contribution in [3.05, 3.63) is 11.3 Å². The van der Waals surface area contributed by atoms with Gasteiger partial charge in [-0.05, 0) is 39.3 Å². The summed E-state index contributed by atoms with van der Waals surface area (Å²) in [5, 5.41) is 4.45. The lowest BCUT2D eigenvalue weighted by atomic mass is 10.0. The number of ether oxygens (including phenoxy) is 1. The summed E-state index contributed by atoms with van der Waals surface area (Å²) >= 11 is 0. The highest BCUT2D eigenvalue weighted by Gasteiger charge is 2.31. The van der Waals surface area contributed by atoms with Crippen molar-refractivity contribution >= 4 is 9.84 Å². The SMILES string of the molecule is COc1c([C@@H]2CCCN2CCCS(C)(=O)=O)c(C)nn1C. The summed E-state index contributed by atoms with van der Waals surface area (Å²) < 4.78 is 29.8. The highest BCUT2D eigenvalue weighted by atomic mass is 32.2. The van der Waals surface area contributed by atoms with Crippen LogP contribution in [0, 0.1) is 6.92 Å². The van der Waals surface area contributed by atoms with Crippen molar-refractivity contribution in [3.8, 4) is 5.88 Å². The van der Waals surface area contributed by atoms with Crippen LogP contribution in [-0.4, -0.2) is 55.3 Å². The standard InChI is InChI=1S/C14H25N3O3S/c1-11-13(14(20-3)16(2)15-11)12-7-5-8-17(12)9-6-10-21(4,18)19/h12H,5-10H2,1-4H3/t12-/m0/s1. The minimum absolute atomic E-state index is 0.249. The van der Waals surface area contributed by atoms with E-state index in [4.69, 9.17) is 4.74 Å². The zero-order chi connectivity index (χ0) is 15.6. The third kappa shape index (κ3) is 3.77. The Morgan fingerprint density at radius 3 is 2.76 bits per heavy atom. The Kier molecular flexibility index (Phi) is 4.93. The van der Waals surface area contributed by atoms with Crippen LogP contribution in [0.2, 0.25) is 0 Å². The molecular formula is C14H25N3O3S. The highest BCUT2D eigenvalue weighted by molar-refractivity contribution is 7.90. The Morgan fingerprint density at radius 2 is 2.14 bits per heavy atom. The van der Waals surface area contributed by atoms with Gasteiger partial charge in [-0.3, -0.25) is 4.90 Å². The Labute approximate surface area is 127 Å². The molecule has 1 aromatic heterocycles. The summed E-state index contributed by atoms with van der Waals surface area (Å²) in [5.74, 6) is 1.06. The van der Waals surface area contributed by atoms with E-state index in [0.29, 0.717) is 6.42 Å². The summed E-state index contributed by atoms with van der Waals surface area (Å²) in [6.07, 6.45) is 4.17. The predicted octanol–water partition coefficient (Wildman–Crippen LogP) is 1.31. The van der Waals surface area contributed by atoms with Gasteiger partial charge < -0.3 is 4.74 Å². The zero-order valence-corrected chi connectivity index (χ0v) is 14.1. The first-order valence-electron chi connectivity index (χ1n) is 7.32. The number of hydrogen-bond donors (Lipinski definition) is 0. The van der Waals surface area contributed by atoms with Crippen molar-refractivity contribution in [2.24, 2.45) is 7.05 Å². The predicted molar refractivity (Wildman–Crippen MR) is 82.4 cm³/mol. The second-order valence-electron chi connectivity index (χ2n) is 5.81. The van der Waals surface area contributed by atoms with Crippen molar-refractivity contribution in [3.63, 3.8) is 0 Å². The van der Waals surface area contributed by atoms with Crippen LogP contribution in [0.4, 0.5) is 0 Å². The van der Waals surface area contributed by atoms with Gasteiger partial charge in [0, 0.05) is 19.3 Å². The molecule has 120 valence electrons. The summed E-state index contributed by atoms with van der Waals surface area (Å²) in [7, 11) is 0.674. The molecule has 21 heavy (non-hydrogen) atoms. The Balaban J connectivity index is 2.12. The van der Waals surface area contributed by atoms with E-state index in [1.54, 1.807) is 11.8 Å². The molecule has 1 aromatic rings. The molecule has 7 heteroatoms. The van der Waals surface area contributed by atoms with Gasteiger partial charge in [-0.15, -0.1) is 0 Å². The van der Waals surface area contributed by atoms with Crippen molar-refractivity contribution in [1.29, 1.82) is 0 Å². The molecule has 1 atom stereocenters. The third-order valence-corrected chi connectivity index (χ3v) is 5.10. The number of likely N-dealkylation sites (tertiary alicyclic amines) is 1. The molecule has 6 nitrogen and oxygen atoms in total. The Hall–Kier alpha value is -1.08. The number of hydrogen-bond acceptors (Lipinski definition) is 5. The van der Waals surface area contributed by atoms with Gasteiger partial charge in [-0.1, -0.05) is 0 Å². The number of rotatable bonds is 6. The van der Waals surface area contributed by atoms with E-state index in [9.17, 15) is 8.42 Å². The molecule has 1 saturated heterocycles. The van der Waals surface area contributed by atoms with Crippen LogP contribution in [-0.2, 0) is 16.9 Å². The maximum absolute atomic E-state index is 11.3. The van der Waals surface area contributed by atoms with Gasteiger partial charge in [-0.2, -0.15) is 5.10 Å². The van der Waals surface area contributed by atoms with Gasteiger partial charge in [0.25, 0.3) is 0 Å². The number of methoxy groups -OCH3 is 1. The lowest BCUT2D eigenvalue weighted by molar-refractivity contribution is 0.250. The van der Waals surface area contributed by atoms with E-state index < -0.39 is 9.84 Å². The minimum Gasteiger partial charge on any atom is -0.481 e. The molecule has 0 N–H and O–H groups in total. The van der Waals surface area contributed by atoms with Gasteiger partial charge in [0.1, 0.15) is 9.84 Å². The van der Waals surface area contributed by atoms with E-state index in [1.165, 1.54) is 6.26 Å². The van der Waals surface area contributed by atoms with Gasteiger partial charge in [0.05, 0.1) is 24.1 Å². The Morgan fingerprint density at radius 1 is 1.43 bits per heavy atom. The van der Waals surface area contributed by atoms with Crippen molar-refractivity contribution in [2.75, 3.05) is 32.2 Å². The molecule has 2 heterocycles. The smallest absolute Gasteiger partial charge is 0.216 e. The van der Waals surface area contributed by atoms with Gasteiger partial charge in [0.2, 0.25) is 5.88 Å². The summed E-state index contributed by atoms with van der Waals surface area (Å²) in [4.78, 5) is 2.36. The molecule has 1 fully saturated rings. The van der Waals surface area contributed by atoms with Crippen LogP contribution in [0.3, 0.4) is 0 Å². The minimum atomic E-state index is -2.88. The first-order chi connectivity index (χ1) is 9.83. The number of sulfone groups is 1. The van der Waals surface area contributed by atoms with Gasteiger partial charge in [-0.25, -0.2) is 13.1 Å². The van der Waals surface area contributed by atoms with Crippen molar-refractivity contribution < 1.29 is 13.2 Å². The van der Waals surface area contributed by atoms with Gasteiger partial charge >= 0.3 is 0 Å². The average molecular weight is 315 g/mol. The number of nitrogens with zero attached hydrogens (tertiary/aromatic N) is 3. The van der Waals surface area contributed by atoms with Crippen molar-refractivity contribution in [1.82, 2.24) is 14.7 Å². The number of aryl methyl sites for hydroxylation is 2. The molecule has 0 radical (unpaired) electrons. The molecular weight excluding hydrogens is 290 g/mol. The van der Waals surface area contributed by atoms with Crippen LogP contribution in [0.25, 0.3) is 0 Å². The summed E-state index contributed by atoms with van der Waals surface area (Å²) in [5.41, 5.74) is 2.14. The average Bonchev–Trinajstić information content (AvgIpc) is 2.91. The fourth-order valence-corrected chi connectivity index (χ4v) is 3.88. The fourth-order valence-electron chi connectivity index (χ4n) is 3.23. The second-order valence-corrected chi connectivity index (χ2v) is 8.07. The van der Waals surface area contributed by atoms with E-state index in [0.717, 1.165) is 43.1 Å². The third-order valence-electron chi connectivity index (χ3n) is 4.06. The van der Waals surface area contributed by atoms with Crippen LogP contribution < -0.4 is 4.74 Å². The quantitative estimate of drug-likeness (QED) is 0.792. The maximum atomic E-state index is 11.3. The molecule has 0 unspecified atom stereocenters. The summed E-state index contributed by atoms with van der Waals surface area (Å²) in [6.45, 7) is 3.81. The van der Waals surface area contributed by atoms with E-state index in [-0.39, 0.29) is 11.8 Å². The molecule has 0 bridgehead atoms. The lowest BCUT2D eigenvalue weighted by Gasteiger charge is -2.24. The fraction of sp³-hybridized carbons (Fsp3) is 0.786. The first-order valence-corrected chi connectivity index (χ1v) is 9.39. The van der Waals surface area contributed by atoms with Crippen LogP contribution in [0.15, 0.2) is 0 Å². The van der Waals surface area contributed by atoms with E-state index in [1.807, 2.05) is 14.0 Å². The molecule has 0 aliphatic carbocycles. The molecule has 2 rings (SSSR count). The normalized spacial score (nSPS) is 20.1. The maximum Gasteiger partial charge on any atom is 0.216 e. The van der Waals surface area contributed by atoms with Gasteiger partial charge in [0.15, 0.2) is 0 Å². The molecule has 0 aromatic carbocycles. The van der Waals surface area contributed by atoms with E-state index >= 15 is 0 Å². The highest BCUT2D eigenvalue weighted by Crippen LogP contribution is 2.38. The first kappa shape index (κ1) is 16.3. The van der Waals surface area contributed by atoms with Crippen molar-refractivity contribution in [2.45, 2.75) is 32.2 Å². The Bertz CT molecular complexity index is 595.